The van der Waals surface area contributed by atoms with E-state index in [2.05, 4.69) is 27.1 Å². The van der Waals surface area contributed by atoms with Gasteiger partial charge in [0, 0.05) is 44.4 Å². The van der Waals surface area contributed by atoms with Crippen LogP contribution in [0.5, 0.6) is 0 Å². The van der Waals surface area contributed by atoms with Gasteiger partial charge in [-0.05, 0) is 55.7 Å². The maximum absolute atomic E-state index is 12.6. The first-order valence-electron chi connectivity index (χ1n) is 12.6. The molecular weight excluding hydrogens is 444 g/mol. The number of carbonyl (C=O) groups excluding carboxylic acids is 1. The molecule has 6 rings (SSSR count). The minimum Gasteiger partial charge on any atom is -0.381 e. The third-order valence-corrected chi connectivity index (χ3v) is 7.07. The van der Waals surface area contributed by atoms with Crippen LogP contribution in [0.2, 0.25) is 0 Å². The Morgan fingerprint density at radius 3 is 2.66 bits per heavy atom. The summed E-state index contributed by atoms with van der Waals surface area (Å²) in [5.41, 5.74) is 4.37. The molecule has 2 aliphatic heterocycles. The highest BCUT2D eigenvalue weighted by atomic mass is 16.5. The van der Waals surface area contributed by atoms with Crippen LogP contribution in [0.4, 0.5) is 11.6 Å². The van der Waals surface area contributed by atoms with E-state index in [0.29, 0.717) is 25.2 Å². The molecule has 0 radical (unpaired) electrons. The first kappa shape index (κ1) is 22.3. The lowest BCUT2D eigenvalue weighted by Gasteiger charge is -2.27. The number of carbonyl (C=O) groups is 1. The largest absolute Gasteiger partial charge is 0.381 e. The van der Waals surface area contributed by atoms with Crippen molar-refractivity contribution in [3.8, 4) is 11.1 Å². The van der Waals surface area contributed by atoms with Crippen molar-refractivity contribution in [3.05, 3.63) is 41.6 Å². The minimum absolute atomic E-state index is 0. The molecule has 0 unspecified atom stereocenters. The molecule has 1 saturated carbocycles. The first-order valence-corrected chi connectivity index (χ1v) is 12.6. The van der Waals surface area contributed by atoms with Gasteiger partial charge in [-0.3, -0.25) is 4.79 Å². The summed E-state index contributed by atoms with van der Waals surface area (Å²) >= 11 is 0. The number of nitrogens with one attached hydrogen (secondary N) is 3. The Hall–Kier alpha value is -3.17. The summed E-state index contributed by atoms with van der Waals surface area (Å²) in [6.07, 6.45) is 6.14. The maximum atomic E-state index is 12.6. The predicted octanol–water partition coefficient (Wildman–Crippen LogP) is 3.49. The van der Waals surface area contributed by atoms with E-state index in [4.69, 9.17) is 14.5 Å². The highest BCUT2D eigenvalue weighted by molar-refractivity contribution is 5.97. The van der Waals surface area contributed by atoms with E-state index < -0.39 is 0 Å². The van der Waals surface area contributed by atoms with Gasteiger partial charge in [0.2, 0.25) is 0 Å². The van der Waals surface area contributed by atoms with E-state index in [-0.39, 0.29) is 13.4 Å². The summed E-state index contributed by atoms with van der Waals surface area (Å²) in [6, 6.07) is 8.58. The molecule has 3 N–H and O–H groups in total. The second-order valence-electron chi connectivity index (χ2n) is 9.91. The van der Waals surface area contributed by atoms with Crippen LogP contribution >= 0.6 is 0 Å². The molecule has 1 aliphatic carbocycles. The van der Waals surface area contributed by atoms with Gasteiger partial charge >= 0.3 is 0 Å². The molecule has 2 aromatic heterocycles. The van der Waals surface area contributed by atoms with Crippen LogP contribution in [0.1, 0.15) is 43.0 Å². The number of anilines is 2. The van der Waals surface area contributed by atoms with Gasteiger partial charge < -0.3 is 25.4 Å². The van der Waals surface area contributed by atoms with Crippen molar-refractivity contribution in [2.24, 2.45) is 5.92 Å². The van der Waals surface area contributed by atoms with Crippen LogP contribution < -0.4 is 16.0 Å². The summed E-state index contributed by atoms with van der Waals surface area (Å²) < 4.78 is 12.7. The number of nitrogens with zero attached hydrogens (tertiary/aromatic N) is 3. The van der Waals surface area contributed by atoms with Crippen LogP contribution in [0.25, 0.3) is 16.8 Å². The molecule has 35 heavy (non-hydrogen) atoms. The molecule has 0 spiro atoms. The monoisotopic (exact) mass is 478 g/mol. The van der Waals surface area contributed by atoms with Gasteiger partial charge in [0.1, 0.15) is 11.6 Å². The SMILES string of the molecule is Cc1cc(-c2cnn3c(NCC4CCOCC4)cc(NC4COC4)nc23)ccc1C(=O)NC1CC1.[HH]. The zero-order chi connectivity index (χ0) is 23.8. The Labute approximate surface area is 206 Å². The maximum Gasteiger partial charge on any atom is 0.251 e. The van der Waals surface area contributed by atoms with Gasteiger partial charge in [0.15, 0.2) is 5.65 Å². The van der Waals surface area contributed by atoms with Crippen molar-refractivity contribution in [1.82, 2.24) is 19.9 Å². The second-order valence-corrected chi connectivity index (χ2v) is 9.91. The van der Waals surface area contributed by atoms with Gasteiger partial charge in [-0.2, -0.15) is 9.61 Å². The van der Waals surface area contributed by atoms with E-state index in [1.807, 2.05) is 35.8 Å². The van der Waals surface area contributed by atoms with E-state index in [1.54, 1.807) is 0 Å². The smallest absolute Gasteiger partial charge is 0.251 e. The number of ether oxygens (including phenoxy) is 2. The molecule has 4 heterocycles. The molecular formula is C26H34N6O3. The zero-order valence-electron chi connectivity index (χ0n) is 20.0. The standard InChI is InChI=1S/C26H32N6O3.H2/c1-16-10-18(2-5-21(16)26(33)30-19-3-4-19)22-13-28-32-24(27-12-17-6-8-34-9-7-17)11-23(31-25(22)32)29-20-14-35-15-20;/h2,5,10-11,13,17,19-20,27H,3-4,6-9,12,14-15H2,1H3,(H,29,31)(H,30,33);1H. The molecule has 1 aromatic carbocycles. The average molecular weight is 479 g/mol. The Bertz CT molecular complexity index is 1230. The van der Waals surface area contributed by atoms with Gasteiger partial charge in [-0.15, -0.1) is 0 Å². The Kier molecular flexibility index (Phi) is 6.03. The van der Waals surface area contributed by atoms with Crippen LogP contribution in [0.3, 0.4) is 0 Å². The number of amides is 1. The summed E-state index contributed by atoms with van der Waals surface area (Å²) in [5, 5.41) is 14.9. The third-order valence-electron chi connectivity index (χ3n) is 7.07. The van der Waals surface area contributed by atoms with Gasteiger partial charge in [0.25, 0.3) is 5.91 Å². The Morgan fingerprint density at radius 1 is 1.11 bits per heavy atom. The lowest BCUT2D eigenvalue weighted by molar-refractivity contribution is 0.0209. The van der Waals surface area contributed by atoms with E-state index >= 15 is 0 Å². The van der Waals surface area contributed by atoms with E-state index in [9.17, 15) is 4.79 Å². The average Bonchev–Trinajstić information content (AvgIpc) is 3.55. The van der Waals surface area contributed by atoms with Crippen LogP contribution in [-0.2, 0) is 9.47 Å². The number of benzene rings is 1. The van der Waals surface area contributed by atoms with Crippen molar-refractivity contribution in [1.29, 1.82) is 0 Å². The fraction of sp³-hybridized carbons (Fsp3) is 0.500. The van der Waals surface area contributed by atoms with E-state index in [1.165, 1.54) is 0 Å². The molecule has 2 saturated heterocycles. The van der Waals surface area contributed by atoms with E-state index in [0.717, 1.165) is 85.0 Å². The lowest BCUT2D eigenvalue weighted by Crippen LogP contribution is -2.40. The topological polar surface area (TPSA) is 102 Å². The molecule has 0 bridgehead atoms. The van der Waals surface area contributed by atoms with Crippen molar-refractivity contribution in [3.63, 3.8) is 0 Å². The molecule has 3 fully saturated rings. The zero-order valence-corrected chi connectivity index (χ0v) is 20.0. The van der Waals surface area contributed by atoms with Crippen molar-refractivity contribution >= 4 is 23.2 Å². The number of hydrogen-bond acceptors (Lipinski definition) is 7. The van der Waals surface area contributed by atoms with Crippen molar-refractivity contribution in [2.75, 3.05) is 43.6 Å². The number of fused-ring (bicyclic) bond motifs is 1. The van der Waals surface area contributed by atoms with Gasteiger partial charge in [-0.1, -0.05) is 12.1 Å². The van der Waals surface area contributed by atoms with Gasteiger partial charge in [-0.25, -0.2) is 4.98 Å². The Balaban J connectivity index is 0.00000267. The predicted molar refractivity (Wildman–Crippen MR) is 136 cm³/mol. The molecule has 9 nitrogen and oxygen atoms in total. The van der Waals surface area contributed by atoms with Crippen LogP contribution in [0, 0.1) is 12.8 Å². The summed E-state index contributed by atoms with van der Waals surface area (Å²) in [6.45, 7) is 5.88. The normalized spacial score (nSPS) is 18.9. The van der Waals surface area contributed by atoms with Crippen LogP contribution in [0.15, 0.2) is 30.5 Å². The molecule has 3 aromatic rings. The van der Waals surface area contributed by atoms with Crippen LogP contribution in [-0.4, -0.2) is 65.6 Å². The number of rotatable bonds is 8. The Morgan fingerprint density at radius 2 is 1.94 bits per heavy atom. The highest BCUT2D eigenvalue weighted by Gasteiger charge is 2.25. The van der Waals surface area contributed by atoms with Gasteiger partial charge in [0.05, 0.1) is 25.5 Å². The van der Waals surface area contributed by atoms with Crippen molar-refractivity contribution in [2.45, 2.75) is 44.7 Å². The summed E-state index contributed by atoms with van der Waals surface area (Å²) in [4.78, 5) is 17.5. The first-order chi connectivity index (χ1) is 17.1. The second kappa shape index (κ2) is 9.47. The summed E-state index contributed by atoms with van der Waals surface area (Å²) in [7, 11) is 0. The fourth-order valence-corrected chi connectivity index (χ4v) is 4.67. The molecule has 9 heteroatoms. The fourth-order valence-electron chi connectivity index (χ4n) is 4.67. The molecule has 0 atom stereocenters. The highest BCUT2D eigenvalue weighted by Crippen LogP contribution is 2.30. The quantitative estimate of drug-likeness (QED) is 0.456. The molecule has 1 amide bonds. The number of aromatic nitrogens is 3. The third kappa shape index (κ3) is 4.83. The molecule has 186 valence electrons. The molecule has 3 aliphatic rings. The van der Waals surface area contributed by atoms with Crippen molar-refractivity contribution < 1.29 is 15.7 Å². The summed E-state index contributed by atoms with van der Waals surface area (Å²) in [5.74, 6) is 2.30. The number of hydrogen-bond donors (Lipinski definition) is 3. The lowest BCUT2D eigenvalue weighted by atomic mass is 10.0. The minimum atomic E-state index is 0. The number of aryl methyl sites for hydroxylation is 1.